The molecule has 0 spiro atoms. The predicted molar refractivity (Wildman–Crippen MR) is 120 cm³/mol. The lowest BCUT2D eigenvalue weighted by Crippen LogP contribution is -1.97. The van der Waals surface area contributed by atoms with Gasteiger partial charge in [0, 0.05) is 11.1 Å². The molecule has 3 rings (SSSR count). The van der Waals surface area contributed by atoms with Crippen LogP contribution in [-0.2, 0) is 0 Å². The van der Waals surface area contributed by atoms with Crippen LogP contribution in [0.4, 0.5) is 8.78 Å². The fraction of sp³-hybridized carbons (Fsp3) is 0.231. The number of fused-ring (bicyclic) bond motifs is 1. The molecule has 0 aliphatic heterocycles. The van der Waals surface area contributed by atoms with Crippen molar-refractivity contribution in [2.24, 2.45) is 0 Å². The van der Waals surface area contributed by atoms with Crippen LogP contribution in [0.3, 0.4) is 0 Å². The molecule has 1 N–H and O–H groups in total. The summed E-state index contributed by atoms with van der Waals surface area (Å²) in [5.41, 5.74) is 1.07. The van der Waals surface area contributed by atoms with Gasteiger partial charge >= 0.3 is 0 Å². The highest BCUT2D eigenvalue weighted by molar-refractivity contribution is 5.88. The highest BCUT2D eigenvalue weighted by Crippen LogP contribution is 2.31. The molecule has 0 aromatic heterocycles. The molecule has 2 nitrogen and oxygen atoms in total. The Balaban J connectivity index is 1.81. The lowest BCUT2D eigenvalue weighted by molar-refractivity contribution is 0.182. The second kappa shape index (κ2) is 10.2. The molecule has 0 fully saturated rings. The van der Waals surface area contributed by atoms with Crippen LogP contribution in [0.25, 0.3) is 28.0 Å². The Morgan fingerprint density at radius 2 is 1.80 bits per heavy atom. The smallest absolute Gasteiger partial charge is 0.167 e. The van der Waals surface area contributed by atoms with Gasteiger partial charge < -0.3 is 9.84 Å². The van der Waals surface area contributed by atoms with E-state index in [9.17, 15) is 13.9 Å². The summed E-state index contributed by atoms with van der Waals surface area (Å²) in [5.74, 6) is -0.976. The lowest BCUT2D eigenvalue weighted by Gasteiger charge is -2.09. The number of unbranched alkanes of at least 4 members (excludes halogenated alkanes) is 1. The summed E-state index contributed by atoms with van der Waals surface area (Å²) in [6, 6.07) is 14.3. The van der Waals surface area contributed by atoms with E-state index in [1.165, 1.54) is 0 Å². The number of benzene rings is 3. The molecule has 0 bridgehead atoms. The summed E-state index contributed by atoms with van der Waals surface area (Å²) in [4.78, 5) is 0. The van der Waals surface area contributed by atoms with Gasteiger partial charge in [0.05, 0.1) is 6.10 Å². The first-order valence-electron chi connectivity index (χ1n) is 10.1. The SMILES string of the molecule is C=CCOc1ccc2cc(-c3ccc(/C=C/CCCC(C)O)c(F)c3F)ccc2c1. The van der Waals surface area contributed by atoms with E-state index in [0.29, 0.717) is 25.0 Å². The summed E-state index contributed by atoms with van der Waals surface area (Å²) in [5, 5.41) is 11.1. The van der Waals surface area contributed by atoms with Gasteiger partial charge in [0.15, 0.2) is 11.6 Å². The first kappa shape index (κ1) is 21.7. The molecule has 1 atom stereocenters. The van der Waals surface area contributed by atoms with Gasteiger partial charge in [-0.2, -0.15) is 0 Å². The van der Waals surface area contributed by atoms with E-state index in [0.717, 1.165) is 22.9 Å². The molecular formula is C26H26F2O2. The zero-order chi connectivity index (χ0) is 21.5. The molecular weight excluding hydrogens is 382 g/mol. The van der Waals surface area contributed by atoms with Crippen molar-refractivity contribution < 1.29 is 18.6 Å². The Labute approximate surface area is 176 Å². The maximum atomic E-state index is 14.8. The Morgan fingerprint density at radius 1 is 1.03 bits per heavy atom. The molecule has 3 aromatic rings. The molecule has 156 valence electrons. The molecule has 0 aliphatic rings. The summed E-state index contributed by atoms with van der Waals surface area (Å²) in [6.07, 6.45) is 6.92. The number of hydrogen-bond donors (Lipinski definition) is 1. The largest absolute Gasteiger partial charge is 0.490 e. The van der Waals surface area contributed by atoms with Crippen molar-refractivity contribution in [2.45, 2.75) is 32.3 Å². The average molecular weight is 408 g/mol. The second-order valence-electron chi connectivity index (χ2n) is 7.34. The van der Waals surface area contributed by atoms with Crippen molar-refractivity contribution in [3.05, 3.63) is 84.5 Å². The fourth-order valence-electron chi connectivity index (χ4n) is 3.29. The van der Waals surface area contributed by atoms with Gasteiger partial charge in [0.25, 0.3) is 0 Å². The third-order valence-electron chi connectivity index (χ3n) is 4.89. The Morgan fingerprint density at radius 3 is 2.57 bits per heavy atom. The van der Waals surface area contributed by atoms with Gasteiger partial charge in [0.1, 0.15) is 12.4 Å². The van der Waals surface area contributed by atoms with Crippen LogP contribution in [-0.4, -0.2) is 17.8 Å². The maximum absolute atomic E-state index is 14.8. The number of hydrogen-bond acceptors (Lipinski definition) is 2. The molecule has 30 heavy (non-hydrogen) atoms. The van der Waals surface area contributed by atoms with E-state index in [1.807, 2.05) is 36.4 Å². The minimum Gasteiger partial charge on any atom is -0.490 e. The van der Waals surface area contributed by atoms with Crippen molar-refractivity contribution >= 4 is 16.8 Å². The highest BCUT2D eigenvalue weighted by Gasteiger charge is 2.14. The van der Waals surface area contributed by atoms with Gasteiger partial charge in [-0.15, -0.1) is 0 Å². The summed E-state index contributed by atoms with van der Waals surface area (Å²) in [6.45, 7) is 5.79. The quantitative estimate of drug-likeness (QED) is 0.308. The van der Waals surface area contributed by atoms with Crippen LogP contribution >= 0.6 is 0 Å². The summed E-state index contributed by atoms with van der Waals surface area (Å²) in [7, 11) is 0. The Hall–Kier alpha value is -2.98. The van der Waals surface area contributed by atoms with Gasteiger partial charge in [-0.25, -0.2) is 8.78 Å². The fourth-order valence-corrected chi connectivity index (χ4v) is 3.29. The molecule has 0 radical (unpaired) electrons. The van der Waals surface area contributed by atoms with E-state index in [-0.39, 0.29) is 17.2 Å². The Kier molecular flexibility index (Phi) is 7.36. The monoisotopic (exact) mass is 408 g/mol. The molecule has 0 heterocycles. The van der Waals surface area contributed by atoms with Gasteiger partial charge in [0.2, 0.25) is 0 Å². The van der Waals surface area contributed by atoms with Crippen molar-refractivity contribution in [3.8, 4) is 16.9 Å². The molecule has 1 unspecified atom stereocenters. The molecule has 0 saturated heterocycles. The van der Waals surface area contributed by atoms with Crippen molar-refractivity contribution in [1.82, 2.24) is 0 Å². The van der Waals surface area contributed by atoms with Crippen LogP contribution in [0.2, 0.25) is 0 Å². The lowest BCUT2D eigenvalue weighted by atomic mass is 9.99. The molecule has 0 amide bonds. The highest BCUT2D eigenvalue weighted by atomic mass is 19.2. The van der Waals surface area contributed by atoms with Crippen molar-refractivity contribution in [1.29, 1.82) is 0 Å². The van der Waals surface area contributed by atoms with E-state index in [2.05, 4.69) is 6.58 Å². The first-order valence-corrected chi connectivity index (χ1v) is 10.1. The second-order valence-corrected chi connectivity index (χ2v) is 7.34. The van der Waals surface area contributed by atoms with E-state index < -0.39 is 11.6 Å². The first-order chi connectivity index (χ1) is 14.5. The van der Waals surface area contributed by atoms with E-state index in [4.69, 9.17) is 4.74 Å². The molecule has 0 saturated carbocycles. The summed E-state index contributed by atoms with van der Waals surface area (Å²) >= 11 is 0. The minimum atomic E-state index is -0.855. The third kappa shape index (κ3) is 5.33. The van der Waals surface area contributed by atoms with Gasteiger partial charge in [-0.1, -0.05) is 55.1 Å². The third-order valence-corrected chi connectivity index (χ3v) is 4.89. The van der Waals surface area contributed by atoms with Crippen molar-refractivity contribution in [3.63, 3.8) is 0 Å². The van der Waals surface area contributed by atoms with Crippen LogP contribution in [0.1, 0.15) is 31.7 Å². The topological polar surface area (TPSA) is 29.5 Å². The van der Waals surface area contributed by atoms with E-state index in [1.54, 1.807) is 37.3 Å². The predicted octanol–water partition coefficient (Wildman–Crippen LogP) is 6.91. The number of aliphatic hydroxyl groups is 1. The van der Waals surface area contributed by atoms with E-state index >= 15 is 0 Å². The number of rotatable bonds is 9. The maximum Gasteiger partial charge on any atom is 0.167 e. The number of ether oxygens (including phenoxy) is 1. The Bertz CT molecular complexity index is 1050. The van der Waals surface area contributed by atoms with Crippen LogP contribution in [0, 0.1) is 11.6 Å². The van der Waals surface area contributed by atoms with Crippen LogP contribution in [0.5, 0.6) is 5.75 Å². The average Bonchev–Trinajstić information content (AvgIpc) is 2.74. The normalized spacial score (nSPS) is 12.4. The van der Waals surface area contributed by atoms with Crippen LogP contribution < -0.4 is 4.74 Å². The number of aliphatic hydroxyl groups excluding tert-OH is 1. The zero-order valence-corrected chi connectivity index (χ0v) is 17.1. The molecule has 3 aromatic carbocycles. The van der Waals surface area contributed by atoms with Crippen LogP contribution in [0.15, 0.2) is 67.3 Å². The number of allylic oxidation sites excluding steroid dienone is 1. The van der Waals surface area contributed by atoms with Gasteiger partial charge in [-0.3, -0.25) is 0 Å². The minimum absolute atomic E-state index is 0.220. The number of halogens is 2. The summed E-state index contributed by atoms with van der Waals surface area (Å²) < 4.78 is 34.9. The molecule has 0 aliphatic carbocycles. The zero-order valence-electron chi connectivity index (χ0n) is 17.1. The van der Waals surface area contributed by atoms with Gasteiger partial charge in [-0.05, 0) is 60.7 Å². The standard InChI is InChI=1S/C26H26F2O2/c1-3-15-30-23-13-11-20-16-22(10-9-21(20)17-23)24-14-12-19(25(27)26(24)28)8-6-4-5-7-18(2)29/h3,6,8-14,16-18,29H,1,4-5,7,15H2,2H3/b8-6+. The molecule has 4 heteroatoms. The van der Waals surface area contributed by atoms with Crippen molar-refractivity contribution in [2.75, 3.05) is 6.61 Å².